The van der Waals surface area contributed by atoms with Crippen LogP contribution in [0.1, 0.15) is 38.8 Å². The van der Waals surface area contributed by atoms with Gasteiger partial charge < -0.3 is 29.5 Å². The number of anilines is 6. The molecule has 6 aromatic carbocycles. The zero-order valence-electron chi connectivity index (χ0n) is 36.8. The number of para-hydroxylation sites is 4. The van der Waals surface area contributed by atoms with Crippen molar-refractivity contribution in [1.29, 1.82) is 0 Å². The summed E-state index contributed by atoms with van der Waals surface area (Å²) in [5.41, 5.74) is 7.36. The zero-order chi connectivity index (χ0) is 44.2. The fraction of sp³-hybridized carbons (Fsp3) is 0.269. The highest BCUT2D eigenvalue weighted by molar-refractivity contribution is 7.99. The van der Waals surface area contributed by atoms with E-state index in [9.17, 15) is 10.2 Å². The Morgan fingerprint density at radius 2 is 0.778 bits per heavy atom. The van der Waals surface area contributed by atoms with Crippen LogP contribution < -0.4 is 29.3 Å². The van der Waals surface area contributed by atoms with E-state index in [0.29, 0.717) is 23.0 Å². The van der Waals surface area contributed by atoms with E-state index in [2.05, 4.69) is 49.6 Å². The quantitative estimate of drug-likeness (QED) is 0.0455. The van der Waals surface area contributed by atoms with Crippen LogP contribution in [0.15, 0.2) is 168 Å². The number of benzene rings is 6. The Labute approximate surface area is 377 Å². The predicted molar refractivity (Wildman–Crippen MR) is 266 cm³/mol. The van der Waals surface area contributed by atoms with Crippen LogP contribution in [-0.4, -0.2) is 85.7 Å². The summed E-state index contributed by atoms with van der Waals surface area (Å²) in [6, 6.07) is 52.2. The smallest absolute Gasteiger partial charge is 0.130 e. The van der Waals surface area contributed by atoms with Gasteiger partial charge in [-0.15, -0.1) is 0 Å². The molecule has 0 fully saturated rings. The summed E-state index contributed by atoms with van der Waals surface area (Å²) < 4.78 is 12.7. The van der Waals surface area contributed by atoms with E-state index < -0.39 is 12.2 Å². The lowest BCUT2D eigenvalue weighted by molar-refractivity contribution is 0.122. The first-order valence-corrected chi connectivity index (χ1v) is 22.9. The highest BCUT2D eigenvalue weighted by atomic mass is 32.2. The average molecular weight is 865 g/mol. The van der Waals surface area contributed by atoms with Gasteiger partial charge in [0.25, 0.3) is 0 Å². The van der Waals surface area contributed by atoms with Gasteiger partial charge >= 0.3 is 0 Å². The van der Waals surface area contributed by atoms with Crippen LogP contribution in [0.3, 0.4) is 0 Å². The molecular formula is C52H60N6O4S. The first kappa shape index (κ1) is 46.2. The number of nitrogens with zero attached hydrogens (tertiary/aromatic N) is 6. The molecule has 0 aliphatic carbocycles. The van der Waals surface area contributed by atoms with Gasteiger partial charge in [-0.1, -0.05) is 72.8 Å². The van der Waals surface area contributed by atoms with Gasteiger partial charge in [-0.25, -0.2) is 10.0 Å². The minimum atomic E-state index is -0.777. The third-order valence-corrected chi connectivity index (χ3v) is 11.6. The summed E-state index contributed by atoms with van der Waals surface area (Å²) in [5, 5.41) is 35.8. The summed E-state index contributed by atoms with van der Waals surface area (Å²) in [7, 11) is 0. The second-order valence-corrected chi connectivity index (χ2v) is 15.8. The molecule has 63 heavy (non-hydrogen) atoms. The van der Waals surface area contributed by atoms with Crippen molar-refractivity contribution in [2.45, 2.75) is 39.9 Å². The van der Waals surface area contributed by atoms with E-state index in [1.807, 2.05) is 156 Å². The minimum absolute atomic E-state index is 0.0764. The van der Waals surface area contributed by atoms with Crippen LogP contribution in [0.4, 0.5) is 34.1 Å². The summed E-state index contributed by atoms with van der Waals surface area (Å²) in [6.45, 7) is 12.1. The standard InChI is InChI=1S/C52H60N6O4S/c1-5-55(6-2)47-31-29-41(35-53-57(43-21-13-9-14-22-43)44-23-15-10-16-24-44)51(33-47)61-37-49(59)39-63-40-50(60)38-62-52-34-48(56(7-3)8-4)32-30-42(52)36-54-58(45-25-17-11-18-26-45)46-27-19-12-20-28-46/h9-36,49-50,59-60H,5-8,37-40H2,1-4H3/b53-35+,54-36+. The van der Waals surface area contributed by atoms with E-state index in [1.165, 1.54) is 11.8 Å². The van der Waals surface area contributed by atoms with Crippen molar-refractivity contribution >= 4 is 58.3 Å². The Balaban J connectivity index is 1.10. The molecule has 2 N–H and O–H groups in total. The Kier molecular flexibility index (Phi) is 17.9. The number of hydrazone groups is 2. The van der Waals surface area contributed by atoms with Crippen molar-refractivity contribution < 1.29 is 19.7 Å². The molecule has 11 heteroatoms. The molecule has 328 valence electrons. The lowest BCUT2D eigenvalue weighted by Crippen LogP contribution is -2.25. The maximum absolute atomic E-state index is 11.1. The van der Waals surface area contributed by atoms with E-state index in [-0.39, 0.29) is 13.2 Å². The molecule has 0 spiro atoms. The van der Waals surface area contributed by atoms with Gasteiger partial charge in [-0.2, -0.15) is 22.0 Å². The monoisotopic (exact) mass is 864 g/mol. The van der Waals surface area contributed by atoms with Crippen molar-refractivity contribution in [1.82, 2.24) is 0 Å². The lowest BCUT2D eigenvalue weighted by atomic mass is 10.1. The number of hydrogen-bond acceptors (Lipinski definition) is 11. The maximum atomic E-state index is 11.1. The molecule has 2 atom stereocenters. The van der Waals surface area contributed by atoms with Gasteiger partial charge in [-0.05, 0) is 100 Å². The van der Waals surface area contributed by atoms with Crippen LogP contribution in [0.5, 0.6) is 11.5 Å². The molecule has 6 aromatic rings. The van der Waals surface area contributed by atoms with Gasteiger partial charge in [-0.3, -0.25) is 0 Å². The molecule has 0 saturated carbocycles. The molecule has 0 aliphatic rings. The molecule has 0 aliphatic heterocycles. The molecule has 0 amide bonds. The minimum Gasteiger partial charge on any atom is -0.490 e. The van der Waals surface area contributed by atoms with Crippen LogP contribution in [-0.2, 0) is 0 Å². The Morgan fingerprint density at radius 3 is 1.08 bits per heavy atom. The third-order valence-electron chi connectivity index (χ3n) is 10.4. The molecule has 0 radical (unpaired) electrons. The average Bonchev–Trinajstić information content (AvgIpc) is 3.33. The molecule has 0 heterocycles. The first-order valence-electron chi connectivity index (χ1n) is 21.8. The number of thioether (sulfide) groups is 1. The van der Waals surface area contributed by atoms with Crippen LogP contribution in [0.2, 0.25) is 0 Å². The predicted octanol–water partition coefficient (Wildman–Crippen LogP) is 10.6. The molecule has 10 nitrogen and oxygen atoms in total. The van der Waals surface area contributed by atoms with Crippen molar-refractivity contribution in [3.05, 3.63) is 169 Å². The first-order chi connectivity index (χ1) is 30.9. The molecular weight excluding hydrogens is 805 g/mol. The number of aliphatic hydroxyl groups is 2. The summed E-state index contributed by atoms with van der Waals surface area (Å²) in [6.07, 6.45) is 2.05. The van der Waals surface area contributed by atoms with Crippen LogP contribution >= 0.6 is 11.8 Å². The molecule has 0 bridgehead atoms. The highest BCUT2D eigenvalue weighted by Crippen LogP contribution is 2.30. The van der Waals surface area contributed by atoms with Crippen LogP contribution in [0.25, 0.3) is 0 Å². The van der Waals surface area contributed by atoms with Crippen molar-refractivity contribution in [2.75, 3.05) is 70.7 Å². The fourth-order valence-electron chi connectivity index (χ4n) is 6.97. The number of ether oxygens (including phenoxy) is 2. The van der Waals surface area contributed by atoms with Crippen molar-refractivity contribution in [3.8, 4) is 11.5 Å². The van der Waals surface area contributed by atoms with Crippen LogP contribution in [0, 0.1) is 0 Å². The van der Waals surface area contributed by atoms with Gasteiger partial charge in [0.15, 0.2) is 0 Å². The van der Waals surface area contributed by atoms with Gasteiger partial charge in [0, 0.05) is 72.3 Å². The van der Waals surface area contributed by atoms with Crippen molar-refractivity contribution in [3.63, 3.8) is 0 Å². The van der Waals surface area contributed by atoms with Gasteiger partial charge in [0.2, 0.25) is 0 Å². The van der Waals surface area contributed by atoms with Crippen molar-refractivity contribution in [2.24, 2.45) is 10.2 Å². The van der Waals surface area contributed by atoms with E-state index in [4.69, 9.17) is 19.7 Å². The summed E-state index contributed by atoms with van der Waals surface area (Å²) in [5.74, 6) is 2.00. The van der Waals surface area contributed by atoms with E-state index in [1.54, 1.807) is 12.4 Å². The largest absolute Gasteiger partial charge is 0.490 e. The summed E-state index contributed by atoms with van der Waals surface area (Å²) in [4.78, 5) is 4.51. The lowest BCUT2D eigenvalue weighted by Gasteiger charge is -2.23. The van der Waals surface area contributed by atoms with E-state index >= 15 is 0 Å². The topological polar surface area (TPSA) is 96.6 Å². The van der Waals surface area contributed by atoms with Gasteiger partial charge in [0.05, 0.1) is 47.4 Å². The molecule has 2 unspecified atom stereocenters. The second-order valence-electron chi connectivity index (χ2n) is 14.7. The normalized spacial score (nSPS) is 12.3. The summed E-state index contributed by atoms with van der Waals surface area (Å²) >= 11 is 1.46. The zero-order valence-corrected chi connectivity index (χ0v) is 37.6. The molecule has 0 aromatic heterocycles. The molecule has 0 saturated heterocycles. The Hall–Kier alpha value is -6.27. The Bertz CT molecular complexity index is 2050. The van der Waals surface area contributed by atoms with E-state index in [0.717, 1.165) is 71.4 Å². The SMILES string of the molecule is CCN(CC)c1ccc(/C=N/N(c2ccccc2)c2ccccc2)c(OCC(O)CSCC(O)COc2cc(N(CC)CC)ccc2/C=N/N(c2ccccc2)c2ccccc2)c1. The van der Waals surface area contributed by atoms with Gasteiger partial charge in [0.1, 0.15) is 24.7 Å². The Morgan fingerprint density at radius 1 is 0.460 bits per heavy atom. The number of hydrogen-bond donors (Lipinski definition) is 2. The fourth-order valence-corrected chi connectivity index (χ4v) is 7.84. The highest BCUT2D eigenvalue weighted by Gasteiger charge is 2.16. The number of aliphatic hydroxyl groups excluding tert-OH is 2. The maximum Gasteiger partial charge on any atom is 0.130 e. The second kappa shape index (κ2) is 24.4. The molecule has 6 rings (SSSR count). The third kappa shape index (κ3) is 13.4. The number of rotatable bonds is 24.